The molecular formula is C16H19NO. The minimum absolute atomic E-state index is 0.795. The molecule has 1 fully saturated rings. The van der Waals surface area contributed by atoms with Crippen molar-refractivity contribution in [3.05, 3.63) is 42.5 Å². The highest BCUT2D eigenvalue weighted by Gasteiger charge is 2.20. The molecule has 1 aliphatic rings. The van der Waals surface area contributed by atoms with Gasteiger partial charge < -0.3 is 10.1 Å². The molecule has 0 atom stereocenters. The number of rotatable bonds is 6. The van der Waals surface area contributed by atoms with E-state index < -0.39 is 0 Å². The third-order valence-corrected chi connectivity index (χ3v) is 3.38. The minimum Gasteiger partial charge on any atom is -0.383 e. The molecule has 94 valence electrons. The number of fused-ring (bicyclic) bond motifs is 1. The smallest absolute Gasteiger partial charge is 0.0639 e. The Balaban J connectivity index is 1.50. The number of nitrogens with one attached hydrogen (secondary N) is 1. The van der Waals surface area contributed by atoms with Gasteiger partial charge in [0.25, 0.3) is 0 Å². The van der Waals surface area contributed by atoms with Gasteiger partial charge in [0.15, 0.2) is 0 Å². The van der Waals surface area contributed by atoms with Crippen LogP contribution >= 0.6 is 0 Å². The van der Waals surface area contributed by atoms with Gasteiger partial charge in [-0.15, -0.1) is 0 Å². The highest BCUT2D eigenvalue weighted by Crippen LogP contribution is 2.28. The maximum Gasteiger partial charge on any atom is 0.0639 e. The summed E-state index contributed by atoms with van der Waals surface area (Å²) in [4.78, 5) is 0. The van der Waals surface area contributed by atoms with Crippen LogP contribution in [0, 0.1) is 5.92 Å². The van der Waals surface area contributed by atoms with E-state index in [4.69, 9.17) is 4.74 Å². The molecule has 1 saturated carbocycles. The van der Waals surface area contributed by atoms with Crippen molar-refractivity contribution in [3.63, 3.8) is 0 Å². The summed E-state index contributed by atoms with van der Waals surface area (Å²) in [5, 5.41) is 5.97. The first-order valence-corrected chi connectivity index (χ1v) is 6.72. The van der Waals surface area contributed by atoms with Crippen LogP contribution < -0.4 is 5.32 Å². The molecule has 1 N–H and O–H groups in total. The van der Waals surface area contributed by atoms with Crippen LogP contribution in [0.5, 0.6) is 0 Å². The van der Waals surface area contributed by atoms with E-state index in [-0.39, 0.29) is 0 Å². The largest absolute Gasteiger partial charge is 0.383 e. The Bertz CT molecular complexity index is 519. The van der Waals surface area contributed by atoms with Crippen LogP contribution in [0.4, 0.5) is 5.69 Å². The Kier molecular flexibility index (Phi) is 3.47. The van der Waals surface area contributed by atoms with E-state index in [9.17, 15) is 0 Å². The van der Waals surface area contributed by atoms with Crippen molar-refractivity contribution in [1.82, 2.24) is 0 Å². The van der Waals surface area contributed by atoms with Gasteiger partial charge in [0.1, 0.15) is 0 Å². The Morgan fingerprint density at radius 1 is 1.06 bits per heavy atom. The maximum absolute atomic E-state index is 5.60. The van der Waals surface area contributed by atoms with Crippen LogP contribution in [-0.4, -0.2) is 19.8 Å². The summed E-state index contributed by atoms with van der Waals surface area (Å²) < 4.78 is 5.60. The van der Waals surface area contributed by atoms with Crippen LogP contribution in [0.15, 0.2) is 42.5 Å². The average molecular weight is 241 g/mol. The molecule has 0 heterocycles. The monoisotopic (exact) mass is 241 g/mol. The number of anilines is 1. The fraction of sp³-hybridized carbons (Fsp3) is 0.375. The van der Waals surface area contributed by atoms with E-state index in [2.05, 4.69) is 47.8 Å². The zero-order valence-corrected chi connectivity index (χ0v) is 10.6. The molecule has 2 nitrogen and oxygen atoms in total. The lowest BCUT2D eigenvalue weighted by Crippen LogP contribution is -2.10. The summed E-state index contributed by atoms with van der Waals surface area (Å²) in [6.45, 7) is 2.62. The lowest BCUT2D eigenvalue weighted by Gasteiger charge is -2.08. The zero-order valence-electron chi connectivity index (χ0n) is 10.6. The van der Waals surface area contributed by atoms with Crippen molar-refractivity contribution >= 4 is 16.5 Å². The molecule has 2 aromatic carbocycles. The second kappa shape index (κ2) is 5.40. The summed E-state index contributed by atoms with van der Waals surface area (Å²) in [5.74, 6) is 0.852. The second-order valence-electron chi connectivity index (χ2n) is 5.01. The van der Waals surface area contributed by atoms with Gasteiger partial charge in [-0.25, -0.2) is 0 Å². The Labute approximate surface area is 108 Å². The predicted molar refractivity (Wildman–Crippen MR) is 76.0 cm³/mol. The highest BCUT2D eigenvalue weighted by atomic mass is 16.5. The van der Waals surface area contributed by atoms with Gasteiger partial charge in [-0.05, 0) is 41.7 Å². The van der Waals surface area contributed by atoms with Gasteiger partial charge in [-0.3, -0.25) is 0 Å². The molecule has 2 aromatic rings. The third-order valence-electron chi connectivity index (χ3n) is 3.38. The van der Waals surface area contributed by atoms with E-state index in [1.807, 2.05) is 0 Å². The zero-order chi connectivity index (χ0) is 12.2. The van der Waals surface area contributed by atoms with Crippen LogP contribution in [0.3, 0.4) is 0 Å². The molecule has 0 radical (unpaired) electrons. The van der Waals surface area contributed by atoms with Crippen LogP contribution in [-0.2, 0) is 4.74 Å². The molecule has 0 amide bonds. The summed E-state index contributed by atoms with van der Waals surface area (Å²) in [7, 11) is 0. The first-order valence-electron chi connectivity index (χ1n) is 6.72. The molecular weight excluding hydrogens is 222 g/mol. The predicted octanol–water partition coefficient (Wildman–Crippen LogP) is 3.68. The summed E-state index contributed by atoms with van der Waals surface area (Å²) in [5.41, 5.74) is 1.17. The molecule has 2 heteroatoms. The quantitative estimate of drug-likeness (QED) is 0.779. The van der Waals surface area contributed by atoms with Crippen LogP contribution in [0.2, 0.25) is 0 Å². The highest BCUT2D eigenvalue weighted by molar-refractivity contribution is 5.85. The first-order chi connectivity index (χ1) is 8.92. The average Bonchev–Trinajstić information content (AvgIpc) is 3.22. The van der Waals surface area contributed by atoms with Gasteiger partial charge in [0.05, 0.1) is 6.61 Å². The SMILES string of the molecule is c1ccc2cc(NCCOCC3CC3)ccc2c1. The molecule has 0 bridgehead atoms. The van der Waals surface area contributed by atoms with Crippen molar-refractivity contribution in [3.8, 4) is 0 Å². The van der Waals surface area contributed by atoms with E-state index in [0.717, 1.165) is 25.7 Å². The van der Waals surface area contributed by atoms with Crippen LogP contribution in [0.1, 0.15) is 12.8 Å². The standard InChI is InChI=1S/C16H19NO/c1-2-4-15-11-16(8-7-14(15)3-1)17-9-10-18-12-13-5-6-13/h1-4,7-8,11,13,17H,5-6,9-10,12H2. The Hall–Kier alpha value is -1.54. The molecule has 0 unspecified atom stereocenters. The Morgan fingerprint density at radius 3 is 2.72 bits per heavy atom. The molecule has 0 spiro atoms. The third kappa shape index (κ3) is 3.02. The van der Waals surface area contributed by atoms with Gasteiger partial charge in [0.2, 0.25) is 0 Å². The lowest BCUT2D eigenvalue weighted by atomic mass is 10.1. The van der Waals surface area contributed by atoms with Crippen molar-refractivity contribution in [1.29, 1.82) is 0 Å². The molecule has 18 heavy (non-hydrogen) atoms. The van der Waals surface area contributed by atoms with Gasteiger partial charge in [-0.1, -0.05) is 30.3 Å². The van der Waals surface area contributed by atoms with E-state index in [1.165, 1.54) is 29.3 Å². The molecule has 3 rings (SSSR count). The van der Waals surface area contributed by atoms with Crippen molar-refractivity contribution < 1.29 is 4.74 Å². The minimum atomic E-state index is 0.795. The van der Waals surface area contributed by atoms with Crippen molar-refractivity contribution in [2.24, 2.45) is 5.92 Å². The van der Waals surface area contributed by atoms with E-state index >= 15 is 0 Å². The van der Waals surface area contributed by atoms with Crippen LogP contribution in [0.25, 0.3) is 10.8 Å². The van der Waals surface area contributed by atoms with Gasteiger partial charge in [-0.2, -0.15) is 0 Å². The first kappa shape index (κ1) is 11.5. The van der Waals surface area contributed by atoms with Crippen molar-refractivity contribution in [2.45, 2.75) is 12.8 Å². The normalized spacial score (nSPS) is 14.9. The Morgan fingerprint density at radius 2 is 1.89 bits per heavy atom. The van der Waals surface area contributed by atoms with E-state index in [0.29, 0.717) is 0 Å². The fourth-order valence-electron chi connectivity index (χ4n) is 2.10. The number of hydrogen-bond donors (Lipinski definition) is 1. The summed E-state index contributed by atoms with van der Waals surface area (Å²) in [6, 6.07) is 14.9. The van der Waals surface area contributed by atoms with E-state index in [1.54, 1.807) is 0 Å². The van der Waals surface area contributed by atoms with Gasteiger partial charge >= 0.3 is 0 Å². The van der Waals surface area contributed by atoms with Gasteiger partial charge in [0, 0.05) is 18.8 Å². The maximum atomic E-state index is 5.60. The molecule has 1 aliphatic carbocycles. The topological polar surface area (TPSA) is 21.3 Å². The number of ether oxygens (including phenoxy) is 1. The lowest BCUT2D eigenvalue weighted by molar-refractivity contribution is 0.134. The molecule has 0 aromatic heterocycles. The molecule has 0 saturated heterocycles. The summed E-state index contributed by atoms with van der Waals surface area (Å²) in [6.07, 6.45) is 2.72. The second-order valence-corrected chi connectivity index (χ2v) is 5.01. The number of benzene rings is 2. The summed E-state index contributed by atoms with van der Waals surface area (Å²) >= 11 is 0. The fourth-order valence-corrected chi connectivity index (χ4v) is 2.10. The van der Waals surface area contributed by atoms with Crippen molar-refractivity contribution in [2.75, 3.05) is 25.1 Å². The number of hydrogen-bond acceptors (Lipinski definition) is 2. The molecule has 0 aliphatic heterocycles.